The fraction of sp³-hybridized carbons (Fsp3) is 0.375. The van der Waals surface area contributed by atoms with E-state index in [9.17, 15) is 19.1 Å². The lowest BCUT2D eigenvalue weighted by Crippen LogP contribution is -2.54. The third-order valence-electron chi connectivity index (χ3n) is 6.73. The number of thioether (sulfide) groups is 1. The summed E-state index contributed by atoms with van der Waals surface area (Å²) in [5, 5.41) is 9.88. The van der Waals surface area contributed by atoms with Gasteiger partial charge in [-0.15, -0.1) is 11.8 Å². The Kier molecular flexibility index (Phi) is 6.99. The van der Waals surface area contributed by atoms with Crippen LogP contribution >= 0.6 is 35.0 Å². The number of hydrogen-bond donors (Lipinski definition) is 1. The molecule has 1 saturated heterocycles. The van der Waals surface area contributed by atoms with Gasteiger partial charge in [-0.25, -0.2) is 18.4 Å². The average molecular weight is 571 g/mol. The first-order chi connectivity index (χ1) is 17.6. The standard InChI is InChI=1S/C24H22Cl2F2N4O4S/c1-11-8-30(24(34)35)3-4-31(11)22-14-6-16(26)19(13-5-15(25)18(28)7-17(13)27)21-20(14)32(23(33)29-22)9-12(36-2)10-37-21/h5-7,11-12H,3-4,8-10H2,1-2H3,(H,34,35)/t11?,12-/m1/s1. The second-order valence-corrected chi connectivity index (χ2v) is 10.8. The lowest BCUT2D eigenvalue weighted by Gasteiger charge is -2.39. The molecule has 5 rings (SSSR count). The van der Waals surface area contributed by atoms with Crippen LogP contribution in [-0.4, -0.2) is 70.3 Å². The number of piperazine rings is 1. The zero-order valence-electron chi connectivity index (χ0n) is 19.8. The van der Waals surface area contributed by atoms with E-state index in [1.54, 1.807) is 13.2 Å². The molecule has 1 fully saturated rings. The van der Waals surface area contributed by atoms with Gasteiger partial charge < -0.3 is 19.6 Å². The molecule has 0 radical (unpaired) electrons. The van der Waals surface area contributed by atoms with Crippen LogP contribution in [0.1, 0.15) is 6.92 Å². The zero-order chi connectivity index (χ0) is 26.6. The summed E-state index contributed by atoms with van der Waals surface area (Å²) >= 11 is 14.1. The molecule has 2 atom stereocenters. The molecule has 0 bridgehead atoms. The summed E-state index contributed by atoms with van der Waals surface area (Å²) in [6, 6.07) is 3.25. The van der Waals surface area contributed by atoms with Crippen molar-refractivity contribution >= 4 is 57.8 Å². The normalized spacial score (nSPS) is 19.8. The van der Waals surface area contributed by atoms with Crippen molar-refractivity contribution in [2.75, 3.05) is 37.4 Å². The van der Waals surface area contributed by atoms with Gasteiger partial charge in [-0.3, -0.25) is 4.57 Å². The van der Waals surface area contributed by atoms with Gasteiger partial charge in [0.1, 0.15) is 17.5 Å². The quantitative estimate of drug-likeness (QED) is 0.445. The summed E-state index contributed by atoms with van der Waals surface area (Å²) in [4.78, 5) is 33.0. The molecule has 1 aromatic heterocycles. The highest BCUT2D eigenvalue weighted by molar-refractivity contribution is 7.99. The molecule has 2 aliphatic heterocycles. The summed E-state index contributed by atoms with van der Waals surface area (Å²) in [7, 11) is 1.54. The number of halogens is 4. The summed E-state index contributed by atoms with van der Waals surface area (Å²) in [6.45, 7) is 2.87. The maximum atomic E-state index is 15.0. The number of methoxy groups -OCH3 is 1. The average Bonchev–Trinajstić information content (AvgIpc) is 3.05. The van der Waals surface area contributed by atoms with Gasteiger partial charge in [-0.2, -0.15) is 4.98 Å². The molecule has 2 aromatic carbocycles. The second kappa shape index (κ2) is 9.94. The van der Waals surface area contributed by atoms with Gasteiger partial charge in [0, 0.05) is 66.0 Å². The largest absolute Gasteiger partial charge is 0.465 e. The number of hydrogen-bond acceptors (Lipinski definition) is 6. The molecule has 0 spiro atoms. The highest BCUT2D eigenvalue weighted by Gasteiger charge is 2.32. The van der Waals surface area contributed by atoms with Crippen LogP contribution in [0.15, 0.2) is 27.9 Å². The topological polar surface area (TPSA) is 87.9 Å². The Labute approximate surface area is 224 Å². The predicted octanol–water partition coefficient (Wildman–Crippen LogP) is 4.96. The summed E-state index contributed by atoms with van der Waals surface area (Å²) in [5.74, 6) is -0.915. The molecule has 13 heteroatoms. The van der Waals surface area contributed by atoms with Crippen molar-refractivity contribution in [2.24, 2.45) is 0 Å². The van der Waals surface area contributed by atoms with Gasteiger partial charge in [0.2, 0.25) is 0 Å². The van der Waals surface area contributed by atoms with E-state index in [4.69, 9.17) is 27.9 Å². The van der Waals surface area contributed by atoms with Crippen molar-refractivity contribution in [2.45, 2.75) is 30.5 Å². The highest BCUT2D eigenvalue weighted by atomic mass is 35.5. The van der Waals surface area contributed by atoms with Crippen molar-refractivity contribution in [3.63, 3.8) is 0 Å². The minimum atomic E-state index is -1.01. The van der Waals surface area contributed by atoms with E-state index in [-0.39, 0.29) is 47.4 Å². The van der Waals surface area contributed by atoms with Crippen LogP contribution in [-0.2, 0) is 11.3 Å². The number of rotatable bonds is 3. The highest BCUT2D eigenvalue weighted by Crippen LogP contribution is 2.46. The van der Waals surface area contributed by atoms with E-state index in [2.05, 4.69) is 4.98 Å². The van der Waals surface area contributed by atoms with Crippen LogP contribution in [0.25, 0.3) is 22.0 Å². The van der Waals surface area contributed by atoms with Crippen molar-refractivity contribution in [3.05, 3.63) is 50.4 Å². The van der Waals surface area contributed by atoms with Crippen molar-refractivity contribution < 1.29 is 23.4 Å². The van der Waals surface area contributed by atoms with Gasteiger partial charge >= 0.3 is 11.8 Å². The number of benzene rings is 2. The Balaban J connectivity index is 1.79. The number of anilines is 1. The maximum absolute atomic E-state index is 15.0. The molecule has 0 aliphatic carbocycles. The number of ether oxygens (including phenoxy) is 1. The van der Waals surface area contributed by atoms with Gasteiger partial charge in [-0.05, 0) is 19.1 Å². The Morgan fingerprint density at radius 2 is 1.92 bits per heavy atom. The molecule has 1 amide bonds. The number of carboxylic acid groups (broad SMARTS) is 1. The van der Waals surface area contributed by atoms with Crippen LogP contribution < -0.4 is 10.6 Å². The Morgan fingerprint density at radius 1 is 1.16 bits per heavy atom. The van der Waals surface area contributed by atoms with Crippen LogP contribution in [0.3, 0.4) is 0 Å². The number of nitrogens with zero attached hydrogens (tertiary/aromatic N) is 4. The van der Waals surface area contributed by atoms with Crippen molar-refractivity contribution in [1.82, 2.24) is 14.5 Å². The smallest absolute Gasteiger partial charge is 0.407 e. The molecule has 8 nitrogen and oxygen atoms in total. The first-order valence-corrected chi connectivity index (χ1v) is 13.2. The van der Waals surface area contributed by atoms with Gasteiger partial charge in [0.25, 0.3) is 0 Å². The van der Waals surface area contributed by atoms with Crippen LogP contribution in [0.5, 0.6) is 0 Å². The monoisotopic (exact) mass is 570 g/mol. The van der Waals surface area contributed by atoms with Crippen LogP contribution in [0.4, 0.5) is 19.4 Å². The zero-order valence-corrected chi connectivity index (χ0v) is 22.1. The Morgan fingerprint density at radius 3 is 2.59 bits per heavy atom. The molecule has 3 heterocycles. The van der Waals surface area contributed by atoms with E-state index in [0.29, 0.717) is 45.5 Å². The third kappa shape index (κ3) is 4.52. The SMILES string of the molecule is CO[C@H]1CSc2c(-c3cc(Cl)c(F)cc3F)c(Cl)cc3c(N4CCN(C(=O)O)CC4C)nc(=O)n(c23)C1. The molecule has 37 heavy (non-hydrogen) atoms. The van der Waals surface area contributed by atoms with Crippen molar-refractivity contribution in [1.29, 1.82) is 0 Å². The first kappa shape index (κ1) is 26.0. The van der Waals surface area contributed by atoms with E-state index in [1.807, 2.05) is 11.8 Å². The molecule has 1 unspecified atom stereocenters. The first-order valence-electron chi connectivity index (χ1n) is 11.4. The van der Waals surface area contributed by atoms with Crippen LogP contribution in [0, 0.1) is 11.6 Å². The second-order valence-electron chi connectivity index (χ2n) is 8.97. The van der Waals surface area contributed by atoms with E-state index >= 15 is 4.39 Å². The van der Waals surface area contributed by atoms with E-state index in [1.165, 1.54) is 27.3 Å². The number of amides is 1. The molecular formula is C24H22Cl2F2N4O4S. The molecule has 0 saturated carbocycles. The fourth-order valence-electron chi connectivity index (χ4n) is 4.88. The van der Waals surface area contributed by atoms with E-state index in [0.717, 1.165) is 0 Å². The number of carbonyl (C=O) groups is 1. The minimum Gasteiger partial charge on any atom is -0.465 e. The van der Waals surface area contributed by atoms with Gasteiger partial charge in [0.05, 0.1) is 28.2 Å². The van der Waals surface area contributed by atoms with Crippen molar-refractivity contribution in [3.8, 4) is 11.1 Å². The fourth-order valence-corrected chi connectivity index (χ4v) is 6.72. The number of aromatic nitrogens is 2. The minimum absolute atomic E-state index is 0.0115. The Hall–Kier alpha value is -2.60. The van der Waals surface area contributed by atoms with Crippen LogP contribution in [0.2, 0.25) is 10.0 Å². The third-order valence-corrected chi connectivity index (χ3v) is 8.55. The summed E-state index contributed by atoms with van der Waals surface area (Å²) in [6.07, 6.45) is -1.35. The predicted molar refractivity (Wildman–Crippen MR) is 139 cm³/mol. The lowest BCUT2D eigenvalue weighted by molar-refractivity contribution is 0.107. The lowest BCUT2D eigenvalue weighted by atomic mass is 10.0. The molecule has 1 N–H and O–H groups in total. The molecule has 2 aliphatic rings. The molecule has 3 aromatic rings. The summed E-state index contributed by atoms with van der Waals surface area (Å²) < 4.78 is 36.0. The van der Waals surface area contributed by atoms with Gasteiger partial charge in [-0.1, -0.05) is 23.2 Å². The Bertz CT molecular complexity index is 1490. The molecular weight excluding hydrogens is 549 g/mol. The summed E-state index contributed by atoms with van der Waals surface area (Å²) in [5.41, 5.74) is 0.292. The van der Waals surface area contributed by atoms with E-state index < -0.39 is 23.4 Å². The molecule has 196 valence electrons. The maximum Gasteiger partial charge on any atom is 0.407 e. The van der Waals surface area contributed by atoms with Gasteiger partial charge in [0.15, 0.2) is 0 Å².